The lowest BCUT2D eigenvalue weighted by atomic mass is 9.81. The molecule has 21 nitrogen and oxygen atoms in total. The summed E-state index contributed by atoms with van der Waals surface area (Å²) in [6.45, 7) is 17.5. The number of rotatable bonds is 29. The third kappa shape index (κ3) is 20.8. The zero-order chi connectivity index (χ0) is 63.9. The molecule has 0 radical (unpaired) electrons. The van der Waals surface area contributed by atoms with Gasteiger partial charge < -0.3 is 47.4 Å². The average molecular weight is 1250 g/mol. The number of benzene rings is 3. The highest BCUT2D eigenvalue weighted by Crippen LogP contribution is 2.61. The number of allylic oxidation sites excluding steroid dienone is 2. The van der Waals surface area contributed by atoms with E-state index in [1.165, 1.54) is 11.8 Å². The Labute approximate surface area is 519 Å². The molecule has 88 heavy (non-hydrogen) atoms. The number of carbonyl (C=O) groups is 9. The molecular weight excluding hydrogens is 1180 g/mol. The topological polar surface area (TPSA) is 294 Å². The lowest BCUT2D eigenvalue weighted by Crippen LogP contribution is -2.30. The maximum atomic E-state index is 14.0. The lowest BCUT2D eigenvalue weighted by Gasteiger charge is -2.29. The first-order valence-electron chi connectivity index (χ1n) is 28.7. The van der Waals surface area contributed by atoms with Crippen LogP contribution in [-0.2, 0) is 84.4 Å². The summed E-state index contributed by atoms with van der Waals surface area (Å²) < 4.78 is 55.1. The predicted molar refractivity (Wildman–Crippen MR) is 318 cm³/mol. The summed E-state index contributed by atoms with van der Waals surface area (Å²) in [5, 5.41) is 19.7. The molecule has 0 spiro atoms. The molecule has 1 aliphatic heterocycles. The van der Waals surface area contributed by atoms with Gasteiger partial charge in [0.15, 0.2) is 0 Å². The molecule has 0 aromatic heterocycles. The number of thioether (sulfide) groups is 2. The predicted octanol–water partition coefficient (Wildman–Crippen LogP) is 10.4. The third-order valence-electron chi connectivity index (χ3n) is 14.6. The van der Waals surface area contributed by atoms with Gasteiger partial charge in [-0.05, 0) is 126 Å². The fourth-order valence-electron chi connectivity index (χ4n) is 9.45. The Morgan fingerprint density at radius 3 is 1.23 bits per heavy atom. The first kappa shape index (κ1) is 68.4. The fraction of sp³-hybridized carbons (Fsp3) is 0.431. The highest BCUT2D eigenvalue weighted by Gasteiger charge is 2.38. The van der Waals surface area contributed by atoms with Crippen molar-refractivity contribution in [1.82, 2.24) is 0 Å². The van der Waals surface area contributed by atoms with Crippen molar-refractivity contribution >= 4 is 77.2 Å². The van der Waals surface area contributed by atoms with Gasteiger partial charge in [-0.25, -0.2) is 9.59 Å². The van der Waals surface area contributed by atoms with Gasteiger partial charge in [0.2, 0.25) is 0 Å². The second kappa shape index (κ2) is 34.0. The molecule has 466 valence electrons. The van der Waals surface area contributed by atoms with Gasteiger partial charge in [0.05, 0.1) is 70.7 Å². The highest BCUT2D eigenvalue weighted by molar-refractivity contribution is 8.24. The number of fused-ring (bicyclic) bond motifs is 1. The van der Waals surface area contributed by atoms with E-state index in [0.717, 1.165) is 35.0 Å². The summed E-state index contributed by atoms with van der Waals surface area (Å²) >= 11 is 2.33. The molecule has 2 unspecified atom stereocenters. The van der Waals surface area contributed by atoms with Crippen LogP contribution in [-0.4, -0.2) is 92.4 Å². The van der Waals surface area contributed by atoms with Crippen molar-refractivity contribution in [3.05, 3.63) is 118 Å². The van der Waals surface area contributed by atoms with Crippen LogP contribution in [0, 0.1) is 60.2 Å². The van der Waals surface area contributed by atoms with Crippen LogP contribution < -0.4 is 18.9 Å². The van der Waals surface area contributed by atoms with Crippen LogP contribution in [0.4, 0.5) is 0 Å². The molecule has 2 saturated carbocycles. The molecular formula is C65H70N2O19S2. The number of nitrogens with zero attached hydrogens (tertiary/aromatic N) is 2. The zero-order valence-electron chi connectivity index (χ0n) is 49.6. The summed E-state index contributed by atoms with van der Waals surface area (Å²) in [6.07, 6.45) is 4.37. The number of carbonyl (C=O) groups excluding carboxylic acids is 9. The third-order valence-corrected chi connectivity index (χ3v) is 17.2. The zero-order valence-corrected chi connectivity index (χ0v) is 51.2. The van der Waals surface area contributed by atoms with Crippen LogP contribution >= 0.6 is 23.5 Å². The minimum Gasteiger partial charge on any atom is -0.465 e. The van der Waals surface area contributed by atoms with Crippen molar-refractivity contribution < 1.29 is 90.5 Å². The van der Waals surface area contributed by atoms with Gasteiger partial charge in [0.25, 0.3) is 0 Å². The van der Waals surface area contributed by atoms with Crippen LogP contribution in [0.5, 0.6) is 23.0 Å². The summed E-state index contributed by atoms with van der Waals surface area (Å²) in [5.41, 5.74) is 2.82. The highest BCUT2D eigenvalue weighted by atomic mass is 32.2. The van der Waals surface area contributed by atoms with Crippen LogP contribution in [0.25, 0.3) is 0 Å². The van der Waals surface area contributed by atoms with Crippen LogP contribution in [0.1, 0.15) is 113 Å². The molecule has 0 bridgehead atoms. The Balaban J connectivity index is 0.931. The average Bonchev–Trinajstić information content (AvgIpc) is 2.22. The summed E-state index contributed by atoms with van der Waals surface area (Å²) in [5.74, 6) is -4.52. The normalized spacial score (nSPS) is 17.3. The minimum atomic E-state index is -0.671. The number of nitriles is 2. The molecule has 3 aromatic carbocycles. The SMILES string of the molecule is C=CC(=O)OC(C)COC(=O)CCC(=O)OCCc1ccc(OC(=O)C2CCC(C(=C)Oc3c(C)c(C)c(OC(=O)C4CCC(C(=O)Oc5ccc(CCOC(=O)CCC(=O)OCC(C)OC(=O)C=C)cc5)CC4)c4c3SC(=C(C#N)C#N)S4)CC2)cc1. The van der Waals surface area contributed by atoms with Gasteiger partial charge in [-0.3, -0.25) is 33.6 Å². The first-order chi connectivity index (χ1) is 42.2. The second-order valence-electron chi connectivity index (χ2n) is 21.1. The monoisotopic (exact) mass is 1250 g/mol. The maximum Gasteiger partial charge on any atom is 0.330 e. The molecule has 3 aliphatic rings. The molecule has 2 fully saturated rings. The Morgan fingerprint density at radius 2 is 0.864 bits per heavy atom. The largest absolute Gasteiger partial charge is 0.465 e. The summed E-state index contributed by atoms with van der Waals surface area (Å²) in [7, 11) is 0. The van der Waals surface area contributed by atoms with E-state index in [9.17, 15) is 53.7 Å². The van der Waals surface area contributed by atoms with Gasteiger partial charge in [0.1, 0.15) is 71.9 Å². The minimum absolute atomic E-state index is 0.0564. The fourth-order valence-corrected chi connectivity index (χ4v) is 12.1. The summed E-state index contributed by atoms with van der Waals surface area (Å²) in [6, 6.07) is 17.6. The Morgan fingerprint density at radius 1 is 0.523 bits per heavy atom. The Hall–Kier alpha value is -8.67. The van der Waals surface area contributed by atoms with Gasteiger partial charge in [0, 0.05) is 30.9 Å². The van der Waals surface area contributed by atoms with E-state index in [0.29, 0.717) is 118 Å². The standard InChI is InChI=1S/C65H70N2O19S2/c1-8-52(68)81-38(3)36-79-56(72)28-26-54(70)77-32-30-43-10-22-50(23-11-43)84-62(74)46-16-14-45(15-17-46)42(7)83-58-40(5)41(6)59(61-60(58)87-65(88-61)49(34-66)35-67)86-64(76)48-20-18-47(19-21-48)63(75)85-51-24-12-44(13-25-51)31-33-78-55(71)27-29-57(73)80-37-39(4)82-53(69)9-2/h8-13,22-25,38-39,45-48H,1-2,7,14-21,26-33,36-37H2,3-6H3. The van der Waals surface area contributed by atoms with E-state index in [1.807, 2.05) is 19.1 Å². The van der Waals surface area contributed by atoms with Crippen molar-refractivity contribution in [1.29, 1.82) is 10.5 Å². The smallest absolute Gasteiger partial charge is 0.330 e. The van der Waals surface area contributed by atoms with Crippen LogP contribution in [0.15, 0.2) is 106 Å². The van der Waals surface area contributed by atoms with E-state index >= 15 is 0 Å². The second-order valence-corrected chi connectivity index (χ2v) is 23.4. The maximum absolute atomic E-state index is 14.0. The van der Waals surface area contributed by atoms with E-state index in [1.54, 1.807) is 69.3 Å². The molecule has 0 amide bonds. The Bertz CT molecular complexity index is 3020. The molecule has 2 aliphatic carbocycles. The quantitative estimate of drug-likeness (QED) is 0.0156. The molecule has 0 saturated heterocycles. The molecule has 2 atom stereocenters. The lowest BCUT2D eigenvalue weighted by molar-refractivity contribution is -0.156. The van der Waals surface area contributed by atoms with E-state index in [-0.39, 0.29) is 75.5 Å². The number of hydrogen-bond acceptors (Lipinski definition) is 23. The summed E-state index contributed by atoms with van der Waals surface area (Å²) in [4.78, 5) is 113. The van der Waals surface area contributed by atoms with Gasteiger partial charge in [-0.1, -0.05) is 67.5 Å². The number of hydrogen-bond donors (Lipinski definition) is 0. The van der Waals surface area contributed by atoms with Crippen molar-refractivity contribution in [3.63, 3.8) is 0 Å². The number of ether oxygens (including phenoxy) is 10. The van der Waals surface area contributed by atoms with E-state index < -0.39 is 71.8 Å². The van der Waals surface area contributed by atoms with Crippen molar-refractivity contribution in [2.45, 2.75) is 140 Å². The molecule has 6 rings (SSSR count). The van der Waals surface area contributed by atoms with E-state index in [4.69, 9.17) is 47.4 Å². The molecule has 1 heterocycles. The van der Waals surface area contributed by atoms with Crippen molar-refractivity contribution in [2.75, 3.05) is 26.4 Å². The van der Waals surface area contributed by atoms with E-state index in [2.05, 4.69) is 19.7 Å². The Kier molecular flexibility index (Phi) is 26.5. The van der Waals surface area contributed by atoms with Gasteiger partial charge in [-0.15, -0.1) is 0 Å². The van der Waals surface area contributed by atoms with Gasteiger partial charge in [-0.2, -0.15) is 10.5 Å². The number of esters is 9. The van der Waals surface area contributed by atoms with Crippen molar-refractivity contribution in [3.8, 4) is 35.1 Å². The van der Waals surface area contributed by atoms with Crippen molar-refractivity contribution in [2.24, 2.45) is 23.7 Å². The molecule has 23 heteroatoms. The van der Waals surface area contributed by atoms with Crippen LogP contribution in [0.3, 0.4) is 0 Å². The van der Waals surface area contributed by atoms with Crippen LogP contribution in [0.2, 0.25) is 0 Å². The first-order valence-corrected chi connectivity index (χ1v) is 30.4. The van der Waals surface area contributed by atoms with Gasteiger partial charge >= 0.3 is 53.7 Å². The molecule has 3 aromatic rings. The molecule has 0 N–H and O–H groups in total.